The quantitative estimate of drug-likeness (QED) is 0.278. The standard InChI is InChI=1S/C26H36Cl2N4O2S/c1-7-30(8-2)26-21-14-20(35(33,34)31(15-18(3)4)16-19(5)6)12-13-25(21)32(29-26)17-22-23(27)10-9-11-24(22)28/h9-14,18-19H,7-8,15-17H2,1-6H3. The van der Waals surface area contributed by atoms with Crippen LogP contribution in [-0.2, 0) is 16.6 Å². The summed E-state index contributed by atoms with van der Waals surface area (Å²) < 4.78 is 30.9. The van der Waals surface area contributed by atoms with Gasteiger partial charge >= 0.3 is 0 Å². The van der Waals surface area contributed by atoms with E-state index in [4.69, 9.17) is 28.3 Å². The summed E-state index contributed by atoms with van der Waals surface area (Å²) in [6.45, 7) is 15.1. The molecule has 0 saturated heterocycles. The second kappa shape index (κ2) is 11.5. The van der Waals surface area contributed by atoms with Crippen molar-refractivity contribution in [2.75, 3.05) is 31.1 Å². The SMILES string of the molecule is CCN(CC)c1nn(Cc2c(Cl)cccc2Cl)c2ccc(S(=O)(=O)N(CC(C)C)CC(C)C)cc12. The van der Waals surface area contributed by atoms with E-state index in [2.05, 4.69) is 18.7 Å². The van der Waals surface area contributed by atoms with Gasteiger partial charge in [-0.15, -0.1) is 0 Å². The molecule has 0 unspecified atom stereocenters. The van der Waals surface area contributed by atoms with Crippen molar-refractivity contribution in [3.63, 3.8) is 0 Å². The Kier molecular flexibility index (Phi) is 9.13. The molecule has 6 nitrogen and oxygen atoms in total. The maximum Gasteiger partial charge on any atom is 0.243 e. The first-order chi connectivity index (χ1) is 16.5. The number of hydrogen-bond acceptors (Lipinski definition) is 4. The highest BCUT2D eigenvalue weighted by Crippen LogP contribution is 2.32. The van der Waals surface area contributed by atoms with E-state index in [0.29, 0.717) is 29.7 Å². The van der Waals surface area contributed by atoms with Gasteiger partial charge in [0, 0.05) is 47.2 Å². The third-order valence-corrected chi connectivity index (χ3v) is 8.45. The van der Waals surface area contributed by atoms with Crippen LogP contribution in [0, 0.1) is 11.8 Å². The van der Waals surface area contributed by atoms with Crippen molar-refractivity contribution < 1.29 is 8.42 Å². The molecule has 0 aliphatic rings. The summed E-state index contributed by atoms with van der Waals surface area (Å²) in [6, 6.07) is 10.7. The lowest BCUT2D eigenvalue weighted by molar-refractivity contribution is 0.333. The third kappa shape index (κ3) is 6.13. The molecule has 0 bridgehead atoms. The number of rotatable bonds is 11. The second-order valence-electron chi connectivity index (χ2n) is 9.64. The Morgan fingerprint density at radius 1 is 0.943 bits per heavy atom. The monoisotopic (exact) mass is 538 g/mol. The van der Waals surface area contributed by atoms with E-state index in [0.717, 1.165) is 35.4 Å². The van der Waals surface area contributed by atoms with Gasteiger partial charge in [-0.1, -0.05) is 57.0 Å². The highest BCUT2D eigenvalue weighted by atomic mass is 35.5. The molecule has 0 amide bonds. The van der Waals surface area contributed by atoms with Gasteiger partial charge in [-0.2, -0.15) is 9.40 Å². The van der Waals surface area contributed by atoms with Gasteiger partial charge in [-0.3, -0.25) is 4.68 Å². The molecule has 192 valence electrons. The van der Waals surface area contributed by atoms with Crippen molar-refractivity contribution in [3.8, 4) is 0 Å². The summed E-state index contributed by atoms with van der Waals surface area (Å²) in [6.07, 6.45) is 0. The van der Waals surface area contributed by atoms with E-state index < -0.39 is 10.0 Å². The number of fused-ring (bicyclic) bond motifs is 1. The van der Waals surface area contributed by atoms with Gasteiger partial charge in [0.05, 0.1) is 17.0 Å². The Hall–Kier alpha value is -1.80. The number of nitrogens with zero attached hydrogens (tertiary/aromatic N) is 4. The van der Waals surface area contributed by atoms with Crippen LogP contribution in [0.25, 0.3) is 10.9 Å². The van der Waals surface area contributed by atoms with Crippen molar-refractivity contribution in [1.82, 2.24) is 14.1 Å². The van der Waals surface area contributed by atoms with Crippen molar-refractivity contribution in [2.24, 2.45) is 11.8 Å². The highest BCUT2D eigenvalue weighted by molar-refractivity contribution is 7.89. The number of halogens is 2. The molecule has 3 rings (SSSR count). The first-order valence-corrected chi connectivity index (χ1v) is 14.4. The Morgan fingerprint density at radius 3 is 2.03 bits per heavy atom. The van der Waals surface area contributed by atoms with Gasteiger partial charge in [0.1, 0.15) is 0 Å². The van der Waals surface area contributed by atoms with Crippen LogP contribution < -0.4 is 4.90 Å². The zero-order valence-electron chi connectivity index (χ0n) is 21.4. The Labute approximate surface area is 219 Å². The molecule has 0 saturated carbocycles. The lowest BCUT2D eigenvalue weighted by Crippen LogP contribution is -2.37. The average Bonchev–Trinajstić information content (AvgIpc) is 3.14. The molecule has 0 radical (unpaired) electrons. The van der Waals surface area contributed by atoms with E-state index in [1.807, 2.05) is 56.6 Å². The average molecular weight is 540 g/mol. The summed E-state index contributed by atoms with van der Waals surface area (Å²) in [5, 5.41) is 6.83. The van der Waals surface area contributed by atoms with Gasteiger partial charge in [-0.05, 0) is 56.0 Å². The first-order valence-electron chi connectivity index (χ1n) is 12.2. The second-order valence-corrected chi connectivity index (χ2v) is 12.4. The number of anilines is 1. The van der Waals surface area contributed by atoms with Crippen LogP contribution in [0.2, 0.25) is 10.0 Å². The first kappa shape index (κ1) is 27.8. The van der Waals surface area contributed by atoms with Crippen LogP contribution >= 0.6 is 23.2 Å². The molecule has 0 atom stereocenters. The molecular formula is C26H36Cl2N4O2S. The molecule has 0 aliphatic carbocycles. The fraction of sp³-hybridized carbons (Fsp3) is 0.500. The molecule has 0 aliphatic heterocycles. The van der Waals surface area contributed by atoms with E-state index >= 15 is 0 Å². The number of sulfonamides is 1. The number of aromatic nitrogens is 2. The molecule has 0 spiro atoms. The largest absolute Gasteiger partial charge is 0.355 e. The fourth-order valence-corrected chi connectivity index (χ4v) is 6.56. The van der Waals surface area contributed by atoms with Crippen LogP contribution in [0.1, 0.15) is 47.1 Å². The minimum absolute atomic E-state index is 0.224. The lowest BCUT2D eigenvalue weighted by atomic mass is 10.2. The van der Waals surface area contributed by atoms with E-state index in [9.17, 15) is 8.42 Å². The van der Waals surface area contributed by atoms with Gasteiger partial charge in [0.25, 0.3) is 0 Å². The van der Waals surface area contributed by atoms with Crippen LogP contribution in [0.3, 0.4) is 0 Å². The molecule has 1 heterocycles. The lowest BCUT2D eigenvalue weighted by Gasteiger charge is -2.26. The van der Waals surface area contributed by atoms with Crippen LogP contribution in [0.4, 0.5) is 5.82 Å². The van der Waals surface area contributed by atoms with Crippen LogP contribution in [0.5, 0.6) is 0 Å². The minimum Gasteiger partial charge on any atom is -0.355 e. The van der Waals surface area contributed by atoms with Crippen LogP contribution in [0.15, 0.2) is 41.3 Å². The maximum absolute atomic E-state index is 13.7. The van der Waals surface area contributed by atoms with Crippen LogP contribution in [-0.4, -0.2) is 48.7 Å². The molecular weight excluding hydrogens is 503 g/mol. The van der Waals surface area contributed by atoms with Gasteiger partial charge in [0.2, 0.25) is 10.0 Å². The van der Waals surface area contributed by atoms with Crippen molar-refractivity contribution in [2.45, 2.75) is 53.0 Å². The Balaban J connectivity index is 2.16. The third-order valence-electron chi connectivity index (χ3n) is 5.91. The summed E-state index contributed by atoms with van der Waals surface area (Å²) in [5.41, 5.74) is 1.61. The summed E-state index contributed by atoms with van der Waals surface area (Å²) in [5.74, 6) is 1.20. The molecule has 1 aromatic heterocycles. The Bertz CT molecular complexity index is 1240. The maximum atomic E-state index is 13.7. The zero-order chi connectivity index (χ0) is 25.9. The van der Waals surface area contributed by atoms with Gasteiger partial charge in [0.15, 0.2) is 5.82 Å². The fourth-order valence-electron chi connectivity index (χ4n) is 4.25. The predicted molar refractivity (Wildman–Crippen MR) is 147 cm³/mol. The van der Waals surface area contributed by atoms with Crippen molar-refractivity contribution in [3.05, 3.63) is 52.0 Å². The molecule has 0 N–H and O–H groups in total. The molecule has 9 heteroatoms. The summed E-state index contributed by atoms with van der Waals surface area (Å²) in [7, 11) is -3.67. The smallest absolute Gasteiger partial charge is 0.243 e. The molecule has 0 fully saturated rings. The predicted octanol–water partition coefficient (Wildman–Crippen LogP) is 6.54. The minimum atomic E-state index is -3.67. The summed E-state index contributed by atoms with van der Waals surface area (Å²) in [4.78, 5) is 2.42. The topological polar surface area (TPSA) is 58.4 Å². The van der Waals surface area contributed by atoms with Crippen molar-refractivity contribution >= 4 is 49.9 Å². The van der Waals surface area contributed by atoms with Crippen molar-refractivity contribution in [1.29, 1.82) is 0 Å². The highest BCUT2D eigenvalue weighted by Gasteiger charge is 2.27. The zero-order valence-corrected chi connectivity index (χ0v) is 23.8. The van der Waals surface area contributed by atoms with Gasteiger partial charge in [-0.25, -0.2) is 8.42 Å². The van der Waals surface area contributed by atoms with E-state index in [1.165, 1.54) is 0 Å². The molecule has 3 aromatic rings. The number of benzene rings is 2. The van der Waals surface area contributed by atoms with E-state index in [1.54, 1.807) is 16.4 Å². The number of hydrogen-bond donors (Lipinski definition) is 0. The van der Waals surface area contributed by atoms with E-state index in [-0.39, 0.29) is 16.7 Å². The van der Waals surface area contributed by atoms with Gasteiger partial charge < -0.3 is 4.90 Å². The normalized spacial score (nSPS) is 12.4. The summed E-state index contributed by atoms with van der Waals surface area (Å²) >= 11 is 12.9. The molecule has 35 heavy (non-hydrogen) atoms. The Morgan fingerprint density at radius 2 is 1.51 bits per heavy atom. The molecule has 2 aromatic carbocycles.